The summed E-state index contributed by atoms with van der Waals surface area (Å²) in [5, 5.41) is 6.20. The van der Waals surface area contributed by atoms with Gasteiger partial charge in [-0.25, -0.2) is 8.42 Å². The summed E-state index contributed by atoms with van der Waals surface area (Å²) in [7, 11) is -3.65. The summed E-state index contributed by atoms with van der Waals surface area (Å²) < 4.78 is 23.2. The lowest BCUT2D eigenvalue weighted by atomic mass is 9.94. The Labute approximate surface area is 152 Å². The van der Waals surface area contributed by atoms with Gasteiger partial charge in [0.25, 0.3) is 0 Å². The summed E-state index contributed by atoms with van der Waals surface area (Å²) in [4.78, 5) is 24.3. The number of benzene rings is 1. The van der Waals surface area contributed by atoms with E-state index in [1.54, 1.807) is 24.3 Å². The first-order valence-electron chi connectivity index (χ1n) is 7.91. The normalized spacial score (nSPS) is 18.3. The van der Waals surface area contributed by atoms with Crippen LogP contribution in [0.5, 0.6) is 0 Å². The fourth-order valence-corrected chi connectivity index (χ4v) is 4.60. The smallest absolute Gasteiger partial charge is 0.242 e. The number of sulfone groups is 1. The van der Waals surface area contributed by atoms with Crippen LogP contribution in [0.1, 0.15) is 30.9 Å². The summed E-state index contributed by atoms with van der Waals surface area (Å²) >= 11 is 5.98. The van der Waals surface area contributed by atoms with Gasteiger partial charge in [0.2, 0.25) is 11.8 Å². The number of nitrogens with two attached hydrogens (primary N) is 1. The molecule has 0 aromatic heterocycles. The highest BCUT2D eigenvalue weighted by molar-refractivity contribution is 7.92. The Morgan fingerprint density at radius 2 is 2.00 bits per heavy atom. The van der Waals surface area contributed by atoms with Gasteiger partial charge in [-0.1, -0.05) is 23.7 Å². The van der Waals surface area contributed by atoms with Crippen molar-refractivity contribution in [3.05, 3.63) is 34.9 Å². The van der Waals surface area contributed by atoms with E-state index in [9.17, 15) is 18.0 Å². The number of amides is 2. The zero-order valence-electron chi connectivity index (χ0n) is 13.9. The highest BCUT2D eigenvalue weighted by atomic mass is 35.5. The van der Waals surface area contributed by atoms with Crippen molar-refractivity contribution in [2.75, 3.05) is 19.3 Å². The van der Waals surface area contributed by atoms with Gasteiger partial charge in [0.1, 0.15) is 0 Å². The van der Waals surface area contributed by atoms with Crippen molar-refractivity contribution in [2.24, 2.45) is 5.73 Å². The first kappa shape index (κ1) is 19.7. The maximum atomic E-state index is 12.9. The van der Waals surface area contributed by atoms with Gasteiger partial charge in [0, 0.05) is 11.3 Å². The minimum absolute atomic E-state index is 0.149. The average molecular weight is 388 g/mol. The minimum Gasteiger partial charge on any atom is -0.370 e. The number of halogens is 1. The van der Waals surface area contributed by atoms with Crippen molar-refractivity contribution < 1.29 is 18.0 Å². The third-order valence-electron chi connectivity index (χ3n) is 4.50. The molecule has 2 amide bonds. The molecular formula is C16H22ClN3O4S. The number of rotatable bonds is 6. The summed E-state index contributed by atoms with van der Waals surface area (Å²) in [5.74, 6) is -1.22. The van der Waals surface area contributed by atoms with Crippen LogP contribution < -0.4 is 16.4 Å². The van der Waals surface area contributed by atoms with E-state index in [1.807, 2.05) is 0 Å². The molecule has 1 aromatic rings. The molecule has 1 heterocycles. The van der Waals surface area contributed by atoms with Crippen LogP contribution in [-0.2, 0) is 19.4 Å². The Bertz CT molecular complexity index is 760. The van der Waals surface area contributed by atoms with E-state index in [1.165, 1.54) is 0 Å². The van der Waals surface area contributed by atoms with E-state index in [0.717, 1.165) is 6.26 Å². The van der Waals surface area contributed by atoms with E-state index >= 15 is 0 Å². The van der Waals surface area contributed by atoms with Gasteiger partial charge in [-0.05, 0) is 43.6 Å². The third kappa shape index (κ3) is 4.50. The molecule has 0 aliphatic carbocycles. The molecule has 0 unspecified atom stereocenters. The number of hydrogen-bond donors (Lipinski definition) is 3. The Hall–Kier alpha value is -1.64. The first-order valence-corrected chi connectivity index (χ1v) is 10.2. The number of carbonyl (C=O) groups is 2. The molecule has 1 saturated heterocycles. The molecule has 0 bridgehead atoms. The topological polar surface area (TPSA) is 118 Å². The predicted molar refractivity (Wildman–Crippen MR) is 95.8 cm³/mol. The largest absolute Gasteiger partial charge is 0.370 e. The first-order chi connectivity index (χ1) is 11.7. The van der Waals surface area contributed by atoms with Crippen molar-refractivity contribution in [1.82, 2.24) is 10.6 Å². The Morgan fingerprint density at radius 1 is 1.36 bits per heavy atom. The molecule has 0 radical (unpaired) electrons. The number of carbonyl (C=O) groups excluding carboxylic acids is 2. The molecule has 4 N–H and O–H groups in total. The second-order valence-electron chi connectivity index (χ2n) is 6.27. The van der Waals surface area contributed by atoms with Gasteiger partial charge in [0.05, 0.1) is 12.5 Å². The number of hydrogen-bond acceptors (Lipinski definition) is 5. The van der Waals surface area contributed by atoms with Crippen LogP contribution in [0.3, 0.4) is 0 Å². The average Bonchev–Trinajstić information content (AvgIpc) is 2.53. The standard InChI is InChI=1S/C16H22ClN3O4S/c1-25(23,24)16(5-7-19-8-6-16)15(22)20-13(10-14(18)21)11-3-2-4-12(17)9-11/h2-4,9,13,19H,5-8,10H2,1H3,(H2,18,21)(H,20,22)/t13-/m1/s1. The molecule has 9 heteroatoms. The summed E-state index contributed by atoms with van der Waals surface area (Å²) in [5.41, 5.74) is 5.88. The van der Waals surface area contributed by atoms with Crippen LogP contribution in [0.15, 0.2) is 24.3 Å². The maximum absolute atomic E-state index is 12.9. The van der Waals surface area contributed by atoms with E-state index in [0.29, 0.717) is 23.7 Å². The number of primary amides is 1. The summed E-state index contributed by atoms with van der Waals surface area (Å²) in [6.45, 7) is 0.857. The van der Waals surface area contributed by atoms with Crippen molar-refractivity contribution in [3.63, 3.8) is 0 Å². The van der Waals surface area contributed by atoms with Crippen molar-refractivity contribution in [1.29, 1.82) is 0 Å². The quantitative estimate of drug-likeness (QED) is 0.658. The van der Waals surface area contributed by atoms with E-state index in [-0.39, 0.29) is 19.3 Å². The summed E-state index contributed by atoms with van der Waals surface area (Å²) in [6.07, 6.45) is 1.28. The molecule has 0 saturated carbocycles. The van der Waals surface area contributed by atoms with Crippen molar-refractivity contribution in [2.45, 2.75) is 30.1 Å². The van der Waals surface area contributed by atoms with Gasteiger partial charge in [-0.2, -0.15) is 0 Å². The van der Waals surface area contributed by atoms with Crippen LogP contribution in [-0.4, -0.2) is 44.3 Å². The molecule has 138 valence electrons. The SMILES string of the molecule is CS(=O)(=O)C1(C(=O)N[C@H](CC(N)=O)c2cccc(Cl)c2)CCNCC1. The highest BCUT2D eigenvalue weighted by Gasteiger charge is 2.49. The molecular weight excluding hydrogens is 366 g/mol. The van der Waals surface area contributed by atoms with Crippen LogP contribution in [0.25, 0.3) is 0 Å². The van der Waals surface area contributed by atoms with E-state index < -0.39 is 32.4 Å². The molecule has 1 aliphatic rings. The van der Waals surface area contributed by atoms with Crippen LogP contribution >= 0.6 is 11.6 Å². The molecule has 7 nitrogen and oxygen atoms in total. The minimum atomic E-state index is -3.65. The zero-order valence-corrected chi connectivity index (χ0v) is 15.5. The Morgan fingerprint density at radius 3 is 2.52 bits per heavy atom. The Balaban J connectivity index is 2.33. The monoisotopic (exact) mass is 387 g/mol. The number of nitrogens with one attached hydrogen (secondary N) is 2. The molecule has 1 aromatic carbocycles. The van der Waals surface area contributed by atoms with E-state index in [2.05, 4.69) is 10.6 Å². The van der Waals surface area contributed by atoms with Crippen molar-refractivity contribution >= 4 is 33.3 Å². The van der Waals surface area contributed by atoms with Crippen LogP contribution in [0.4, 0.5) is 0 Å². The molecule has 2 rings (SSSR count). The molecule has 0 spiro atoms. The van der Waals surface area contributed by atoms with Gasteiger partial charge < -0.3 is 16.4 Å². The number of piperidine rings is 1. The van der Waals surface area contributed by atoms with E-state index in [4.69, 9.17) is 17.3 Å². The Kier molecular flexibility index (Phi) is 6.08. The molecule has 1 atom stereocenters. The van der Waals surface area contributed by atoms with Gasteiger partial charge in [-0.15, -0.1) is 0 Å². The van der Waals surface area contributed by atoms with Crippen molar-refractivity contribution in [3.8, 4) is 0 Å². The lowest BCUT2D eigenvalue weighted by molar-refractivity contribution is -0.125. The molecule has 1 aliphatic heterocycles. The van der Waals surface area contributed by atoms with Gasteiger partial charge in [-0.3, -0.25) is 9.59 Å². The van der Waals surface area contributed by atoms with Crippen LogP contribution in [0, 0.1) is 0 Å². The third-order valence-corrected chi connectivity index (χ3v) is 6.74. The van der Waals surface area contributed by atoms with Gasteiger partial charge in [0.15, 0.2) is 14.6 Å². The highest BCUT2D eigenvalue weighted by Crippen LogP contribution is 2.30. The maximum Gasteiger partial charge on any atom is 0.242 e. The molecule has 25 heavy (non-hydrogen) atoms. The van der Waals surface area contributed by atoms with Crippen LogP contribution in [0.2, 0.25) is 5.02 Å². The second kappa shape index (κ2) is 7.72. The lowest BCUT2D eigenvalue weighted by Crippen LogP contribution is -2.57. The zero-order chi connectivity index (χ0) is 18.7. The fraction of sp³-hybridized carbons (Fsp3) is 0.500. The summed E-state index contributed by atoms with van der Waals surface area (Å²) in [6, 6.07) is 5.94. The molecule has 1 fully saturated rings. The lowest BCUT2D eigenvalue weighted by Gasteiger charge is -2.35. The fourth-order valence-electron chi connectivity index (χ4n) is 3.06. The predicted octanol–water partition coefficient (Wildman–Crippen LogP) is 0.539. The van der Waals surface area contributed by atoms with Gasteiger partial charge >= 0.3 is 0 Å². The second-order valence-corrected chi connectivity index (χ2v) is 9.03.